The lowest BCUT2D eigenvalue weighted by Gasteiger charge is -2.25. The molecule has 1 amide bonds. The van der Waals surface area contributed by atoms with Crippen molar-refractivity contribution in [2.45, 2.75) is 38.3 Å². The zero-order valence-corrected chi connectivity index (χ0v) is 11.1. The molecule has 1 rings (SSSR count). The maximum atomic E-state index is 13.6. The number of nitrogens with one attached hydrogen (secondary N) is 1. The lowest BCUT2D eigenvalue weighted by atomic mass is 10.1. The van der Waals surface area contributed by atoms with Gasteiger partial charge in [0.15, 0.2) is 6.04 Å². The highest BCUT2D eigenvalue weighted by atomic mass is 19.3. The Bertz CT molecular complexity index is 479. The molecule has 0 bridgehead atoms. The standard InChI is InChI=1S/C12H15F2NO5/c1-11(2,3)20-10(18)15-8(7-5-4-6-19-7)12(13,14)9(16)17/h4-6,8H,1-3H3,(H,15,18)(H,16,17)/t8-/m0/s1. The minimum atomic E-state index is -4.24. The number of carboxylic acids is 1. The summed E-state index contributed by atoms with van der Waals surface area (Å²) in [5.74, 6) is -7.01. The van der Waals surface area contributed by atoms with E-state index in [9.17, 15) is 18.4 Å². The average molecular weight is 291 g/mol. The summed E-state index contributed by atoms with van der Waals surface area (Å²) in [6.07, 6.45) is -0.0725. The number of ether oxygens (including phenoxy) is 1. The minimum absolute atomic E-state index is 0.386. The number of carboxylic acid groups (broad SMARTS) is 1. The van der Waals surface area contributed by atoms with E-state index in [0.29, 0.717) is 0 Å². The first-order chi connectivity index (χ1) is 9.04. The summed E-state index contributed by atoms with van der Waals surface area (Å²) in [7, 11) is 0. The van der Waals surface area contributed by atoms with Crippen molar-refractivity contribution in [3.8, 4) is 0 Å². The molecule has 0 fully saturated rings. The van der Waals surface area contributed by atoms with Crippen LogP contribution in [-0.2, 0) is 9.53 Å². The molecule has 0 aromatic carbocycles. The van der Waals surface area contributed by atoms with E-state index in [2.05, 4.69) is 0 Å². The number of rotatable bonds is 4. The van der Waals surface area contributed by atoms with Gasteiger partial charge in [0.05, 0.1) is 6.26 Å². The molecule has 20 heavy (non-hydrogen) atoms. The normalized spacial score (nSPS) is 13.7. The Labute approximate surface area is 113 Å². The van der Waals surface area contributed by atoms with Crippen molar-refractivity contribution < 1.29 is 32.6 Å². The van der Waals surface area contributed by atoms with E-state index in [1.807, 2.05) is 5.32 Å². The molecule has 1 aromatic heterocycles. The molecular formula is C12H15F2NO5. The van der Waals surface area contributed by atoms with Crippen LogP contribution < -0.4 is 5.32 Å². The molecule has 0 radical (unpaired) electrons. The molecule has 6 nitrogen and oxygen atoms in total. The largest absolute Gasteiger partial charge is 0.477 e. The first kappa shape index (κ1) is 15.9. The lowest BCUT2D eigenvalue weighted by Crippen LogP contribution is -2.46. The molecule has 0 spiro atoms. The number of furan rings is 1. The minimum Gasteiger partial charge on any atom is -0.477 e. The third-order valence-electron chi connectivity index (χ3n) is 2.14. The molecule has 2 N–H and O–H groups in total. The van der Waals surface area contributed by atoms with Gasteiger partial charge in [-0.3, -0.25) is 0 Å². The molecule has 1 atom stereocenters. The first-order valence-electron chi connectivity index (χ1n) is 5.68. The van der Waals surface area contributed by atoms with Crippen molar-refractivity contribution in [1.82, 2.24) is 5.32 Å². The second-order valence-electron chi connectivity index (χ2n) is 5.02. The molecular weight excluding hydrogens is 276 g/mol. The van der Waals surface area contributed by atoms with Crippen LogP contribution in [0.1, 0.15) is 32.6 Å². The van der Waals surface area contributed by atoms with E-state index in [-0.39, 0.29) is 5.76 Å². The molecule has 0 aliphatic heterocycles. The summed E-state index contributed by atoms with van der Waals surface area (Å²) in [6.45, 7) is 4.64. The number of amides is 1. The smallest absolute Gasteiger partial charge is 0.408 e. The van der Waals surface area contributed by atoms with E-state index in [1.165, 1.54) is 6.07 Å². The molecule has 1 aromatic rings. The Kier molecular flexibility index (Phi) is 4.36. The topological polar surface area (TPSA) is 88.8 Å². The second-order valence-corrected chi connectivity index (χ2v) is 5.02. The number of alkyl carbamates (subject to hydrolysis) is 1. The van der Waals surface area contributed by atoms with Gasteiger partial charge in [0.1, 0.15) is 11.4 Å². The number of alkyl halides is 2. The van der Waals surface area contributed by atoms with Gasteiger partial charge in [-0.15, -0.1) is 0 Å². The van der Waals surface area contributed by atoms with Gasteiger partial charge in [-0.05, 0) is 32.9 Å². The Morgan fingerprint density at radius 1 is 1.40 bits per heavy atom. The predicted molar refractivity (Wildman–Crippen MR) is 63.4 cm³/mol. The predicted octanol–water partition coefficient (Wildman–Crippen LogP) is 2.57. The highest BCUT2D eigenvalue weighted by Gasteiger charge is 2.51. The Morgan fingerprint density at radius 3 is 2.40 bits per heavy atom. The second kappa shape index (κ2) is 5.48. The van der Waals surface area contributed by atoms with E-state index in [0.717, 1.165) is 12.3 Å². The number of hydrogen-bond donors (Lipinski definition) is 2. The van der Waals surface area contributed by atoms with E-state index in [1.54, 1.807) is 20.8 Å². The number of carbonyl (C=O) groups excluding carboxylic acids is 1. The van der Waals surface area contributed by atoms with Gasteiger partial charge >= 0.3 is 18.0 Å². The average Bonchev–Trinajstić information content (AvgIpc) is 2.75. The summed E-state index contributed by atoms with van der Waals surface area (Å²) >= 11 is 0. The van der Waals surface area contributed by atoms with Gasteiger partial charge in [0, 0.05) is 0 Å². The van der Waals surface area contributed by atoms with Crippen molar-refractivity contribution >= 4 is 12.1 Å². The van der Waals surface area contributed by atoms with Crippen LogP contribution in [0, 0.1) is 0 Å². The summed E-state index contributed by atoms with van der Waals surface area (Å²) in [4.78, 5) is 22.2. The van der Waals surface area contributed by atoms with Crippen LogP contribution in [0.4, 0.5) is 13.6 Å². The lowest BCUT2D eigenvalue weighted by molar-refractivity contribution is -0.170. The van der Waals surface area contributed by atoms with Crippen molar-refractivity contribution in [3.05, 3.63) is 24.2 Å². The maximum absolute atomic E-state index is 13.6. The van der Waals surface area contributed by atoms with Crippen LogP contribution in [-0.4, -0.2) is 28.7 Å². The summed E-state index contributed by atoms with van der Waals surface area (Å²) in [6, 6.07) is 0.278. The van der Waals surface area contributed by atoms with E-state index >= 15 is 0 Å². The number of aliphatic carboxylic acids is 1. The number of carbonyl (C=O) groups is 2. The van der Waals surface area contributed by atoms with Crippen LogP contribution in [0.3, 0.4) is 0 Å². The third-order valence-corrected chi connectivity index (χ3v) is 2.14. The molecule has 0 saturated heterocycles. The first-order valence-corrected chi connectivity index (χ1v) is 5.68. The van der Waals surface area contributed by atoms with Crippen molar-refractivity contribution in [1.29, 1.82) is 0 Å². The zero-order chi connectivity index (χ0) is 15.6. The van der Waals surface area contributed by atoms with Gasteiger partial charge < -0.3 is 19.6 Å². The Morgan fingerprint density at radius 2 is 2.00 bits per heavy atom. The fraction of sp³-hybridized carbons (Fsp3) is 0.500. The SMILES string of the molecule is CC(C)(C)OC(=O)N[C@@H](c1ccco1)C(F)(F)C(=O)O. The Balaban J connectivity index is 2.97. The van der Waals surface area contributed by atoms with Crippen LogP contribution in [0.2, 0.25) is 0 Å². The summed E-state index contributed by atoms with van der Waals surface area (Å²) in [5, 5.41) is 10.4. The van der Waals surface area contributed by atoms with Gasteiger partial charge in [0.2, 0.25) is 0 Å². The van der Waals surface area contributed by atoms with Crippen molar-refractivity contribution in [3.63, 3.8) is 0 Å². The molecule has 0 aliphatic carbocycles. The van der Waals surface area contributed by atoms with Gasteiger partial charge in [-0.1, -0.05) is 0 Å². The zero-order valence-electron chi connectivity index (χ0n) is 11.1. The molecule has 1 heterocycles. The van der Waals surface area contributed by atoms with E-state index in [4.69, 9.17) is 14.3 Å². The molecule has 0 unspecified atom stereocenters. The maximum Gasteiger partial charge on any atom is 0.408 e. The summed E-state index contributed by atoms with van der Waals surface area (Å²) in [5.41, 5.74) is -0.906. The fourth-order valence-electron chi connectivity index (χ4n) is 1.34. The molecule has 0 saturated carbocycles. The molecule has 8 heteroatoms. The van der Waals surface area contributed by atoms with Crippen molar-refractivity contribution in [2.24, 2.45) is 0 Å². The van der Waals surface area contributed by atoms with Crippen LogP contribution >= 0.6 is 0 Å². The van der Waals surface area contributed by atoms with E-state index < -0.39 is 29.6 Å². The highest BCUT2D eigenvalue weighted by Crippen LogP contribution is 2.32. The highest BCUT2D eigenvalue weighted by molar-refractivity contribution is 5.78. The molecule has 0 aliphatic rings. The van der Waals surface area contributed by atoms with Gasteiger partial charge in [-0.25, -0.2) is 9.59 Å². The van der Waals surface area contributed by atoms with Gasteiger partial charge in [0.25, 0.3) is 0 Å². The fourth-order valence-corrected chi connectivity index (χ4v) is 1.34. The van der Waals surface area contributed by atoms with Crippen LogP contribution in [0.25, 0.3) is 0 Å². The number of hydrogen-bond acceptors (Lipinski definition) is 4. The third kappa shape index (κ3) is 3.94. The van der Waals surface area contributed by atoms with Crippen LogP contribution in [0.5, 0.6) is 0 Å². The van der Waals surface area contributed by atoms with Crippen LogP contribution in [0.15, 0.2) is 22.8 Å². The van der Waals surface area contributed by atoms with Crippen molar-refractivity contribution in [2.75, 3.05) is 0 Å². The quantitative estimate of drug-likeness (QED) is 0.890. The summed E-state index contributed by atoms with van der Waals surface area (Å²) < 4.78 is 36.8. The Hall–Kier alpha value is -2.12. The monoisotopic (exact) mass is 291 g/mol. The number of halogens is 2. The van der Waals surface area contributed by atoms with Gasteiger partial charge in [-0.2, -0.15) is 8.78 Å². The molecule has 112 valence electrons.